The van der Waals surface area contributed by atoms with Gasteiger partial charge in [0.1, 0.15) is 18.0 Å². The van der Waals surface area contributed by atoms with Gasteiger partial charge in [-0.25, -0.2) is 9.97 Å². The second-order valence-corrected chi connectivity index (χ2v) is 4.35. The Morgan fingerprint density at radius 3 is 2.86 bits per heavy atom. The van der Waals surface area contributed by atoms with Crippen molar-refractivity contribution in [3.63, 3.8) is 0 Å². The predicted octanol–water partition coefficient (Wildman–Crippen LogP) is 1.66. The third-order valence-corrected chi connectivity index (χ3v) is 2.95. The fourth-order valence-corrected chi connectivity index (χ4v) is 1.73. The van der Waals surface area contributed by atoms with Crippen LogP contribution in [0.2, 0.25) is 0 Å². The van der Waals surface area contributed by atoms with Gasteiger partial charge in [-0.1, -0.05) is 13.3 Å². The molecule has 1 heterocycles. The molecule has 1 fully saturated rings. The van der Waals surface area contributed by atoms with E-state index in [1.54, 1.807) is 6.07 Å². The Kier molecular flexibility index (Phi) is 2.27. The molecule has 0 spiro atoms. The topological polar surface area (TPSA) is 63.8 Å². The Balaban J connectivity index is 1.91. The molecule has 76 valence electrons. The van der Waals surface area contributed by atoms with Gasteiger partial charge in [0.15, 0.2) is 0 Å². The summed E-state index contributed by atoms with van der Waals surface area (Å²) in [5.41, 5.74) is 6.01. The van der Waals surface area contributed by atoms with Crippen LogP contribution in [-0.4, -0.2) is 16.5 Å². The van der Waals surface area contributed by atoms with Crippen LogP contribution in [0.25, 0.3) is 0 Å². The predicted molar refractivity (Wildman–Crippen MR) is 56.9 cm³/mol. The third kappa shape index (κ3) is 1.95. The molecule has 4 heteroatoms. The van der Waals surface area contributed by atoms with Crippen LogP contribution >= 0.6 is 0 Å². The van der Waals surface area contributed by atoms with Gasteiger partial charge in [0.05, 0.1) is 0 Å². The van der Waals surface area contributed by atoms with Crippen molar-refractivity contribution in [3.05, 3.63) is 12.4 Å². The summed E-state index contributed by atoms with van der Waals surface area (Å²) in [7, 11) is 0. The summed E-state index contributed by atoms with van der Waals surface area (Å²) in [5.74, 6) is 1.34. The number of rotatable bonds is 3. The molecule has 1 aliphatic carbocycles. The Morgan fingerprint density at radius 2 is 2.29 bits per heavy atom. The first kappa shape index (κ1) is 9.24. The molecule has 0 aromatic carbocycles. The first-order valence-corrected chi connectivity index (χ1v) is 4.99. The van der Waals surface area contributed by atoms with Crippen molar-refractivity contribution in [2.75, 3.05) is 17.6 Å². The highest BCUT2D eigenvalue weighted by Crippen LogP contribution is 2.40. The molecule has 1 saturated carbocycles. The van der Waals surface area contributed by atoms with Crippen LogP contribution in [0.5, 0.6) is 0 Å². The minimum Gasteiger partial charge on any atom is -0.384 e. The highest BCUT2D eigenvalue weighted by molar-refractivity contribution is 5.43. The number of hydrogen-bond donors (Lipinski definition) is 2. The van der Waals surface area contributed by atoms with Crippen molar-refractivity contribution < 1.29 is 0 Å². The monoisotopic (exact) mass is 192 g/mol. The van der Waals surface area contributed by atoms with E-state index in [9.17, 15) is 0 Å². The van der Waals surface area contributed by atoms with E-state index in [1.807, 2.05) is 0 Å². The van der Waals surface area contributed by atoms with Crippen LogP contribution < -0.4 is 11.1 Å². The number of nitrogens with zero attached hydrogens (tertiary/aromatic N) is 2. The molecule has 4 nitrogen and oxygen atoms in total. The van der Waals surface area contributed by atoms with Gasteiger partial charge in [-0.05, 0) is 18.3 Å². The molecule has 0 unspecified atom stereocenters. The highest BCUT2D eigenvalue weighted by atomic mass is 15.0. The van der Waals surface area contributed by atoms with Crippen molar-refractivity contribution in [2.24, 2.45) is 5.41 Å². The van der Waals surface area contributed by atoms with Crippen LogP contribution in [-0.2, 0) is 0 Å². The summed E-state index contributed by atoms with van der Waals surface area (Å²) in [6.07, 6.45) is 5.45. The lowest BCUT2D eigenvalue weighted by molar-refractivity contribution is 0.180. The molecule has 1 aromatic rings. The number of hydrogen-bond acceptors (Lipinski definition) is 4. The highest BCUT2D eigenvalue weighted by Gasteiger charge is 2.31. The van der Waals surface area contributed by atoms with E-state index in [2.05, 4.69) is 22.2 Å². The van der Waals surface area contributed by atoms with E-state index in [0.717, 1.165) is 12.4 Å². The maximum absolute atomic E-state index is 5.55. The molecule has 0 aliphatic heterocycles. The molecule has 0 amide bonds. The Bertz CT molecular complexity index is 320. The van der Waals surface area contributed by atoms with Crippen molar-refractivity contribution >= 4 is 11.6 Å². The Morgan fingerprint density at radius 1 is 1.50 bits per heavy atom. The van der Waals surface area contributed by atoms with E-state index in [0.29, 0.717) is 11.2 Å². The second kappa shape index (κ2) is 3.44. The molecule has 0 atom stereocenters. The van der Waals surface area contributed by atoms with E-state index in [-0.39, 0.29) is 0 Å². The number of anilines is 2. The van der Waals surface area contributed by atoms with E-state index >= 15 is 0 Å². The SMILES string of the molecule is CC1(CNc2cc(N)ncn2)CCC1. The number of aromatic nitrogens is 2. The quantitative estimate of drug-likeness (QED) is 0.764. The number of nitrogens with two attached hydrogens (primary N) is 1. The summed E-state index contributed by atoms with van der Waals surface area (Å²) in [4.78, 5) is 7.94. The normalized spacial score (nSPS) is 18.6. The Labute approximate surface area is 83.9 Å². The average molecular weight is 192 g/mol. The lowest BCUT2D eigenvalue weighted by Gasteiger charge is -2.38. The van der Waals surface area contributed by atoms with E-state index in [1.165, 1.54) is 25.6 Å². The third-order valence-electron chi connectivity index (χ3n) is 2.95. The second-order valence-electron chi connectivity index (χ2n) is 4.35. The van der Waals surface area contributed by atoms with Gasteiger partial charge in [0, 0.05) is 12.6 Å². The van der Waals surface area contributed by atoms with Crippen LogP contribution in [0.4, 0.5) is 11.6 Å². The van der Waals surface area contributed by atoms with Gasteiger partial charge in [-0.2, -0.15) is 0 Å². The maximum Gasteiger partial charge on any atom is 0.131 e. The van der Waals surface area contributed by atoms with Crippen LogP contribution in [0.1, 0.15) is 26.2 Å². The standard InChI is InChI=1S/C10H16N4/c1-10(3-2-4-10)6-12-9-5-8(11)13-7-14-9/h5,7H,2-4,6H2,1H3,(H3,11,12,13,14). The molecule has 0 radical (unpaired) electrons. The minimum atomic E-state index is 0.458. The zero-order valence-electron chi connectivity index (χ0n) is 8.45. The molecule has 1 aliphatic rings. The molecular formula is C10H16N4. The minimum absolute atomic E-state index is 0.458. The largest absolute Gasteiger partial charge is 0.384 e. The summed E-state index contributed by atoms with van der Waals surface area (Å²) >= 11 is 0. The smallest absolute Gasteiger partial charge is 0.131 e. The average Bonchev–Trinajstić information content (AvgIpc) is 2.12. The fourth-order valence-electron chi connectivity index (χ4n) is 1.73. The van der Waals surface area contributed by atoms with Crippen LogP contribution in [0.3, 0.4) is 0 Å². The summed E-state index contributed by atoms with van der Waals surface area (Å²) < 4.78 is 0. The lowest BCUT2D eigenvalue weighted by atomic mass is 9.70. The first-order valence-electron chi connectivity index (χ1n) is 4.99. The zero-order valence-corrected chi connectivity index (χ0v) is 8.45. The van der Waals surface area contributed by atoms with E-state index in [4.69, 9.17) is 5.73 Å². The van der Waals surface area contributed by atoms with Crippen molar-refractivity contribution in [1.82, 2.24) is 9.97 Å². The first-order chi connectivity index (χ1) is 6.68. The van der Waals surface area contributed by atoms with Gasteiger partial charge >= 0.3 is 0 Å². The molecular weight excluding hydrogens is 176 g/mol. The van der Waals surface area contributed by atoms with Crippen molar-refractivity contribution in [2.45, 2.75) is 26.2 Å². The molecule has 1 aromatic heterocycles. The molecule has 3 N–H and O–H groups in total. The van der Waals surface area contributed by atoms with Gasteiger partial charge in [-0.15, -0.1) is 0 Å². The van der Waals surface area contributed by atoms with Gasteiger partial charge in [0.2, 0.25) is 0 Å². The molecule has 0 bridgehead atoms. The summed E-state index contributed by atoms with van der Waals surface area (Å²) in [6, 6.07) is 1.77. The van der Waals surface area contributed by atoms with Crippen LogP contribution in [0.15, 0.2) is 12.4 Å². The molecule has 0 saturated heterocycles. The molecule has 2 rings (SSSR count). The number of nitrogens with one attached hydrogen (secondary N) is 1. The Hall–Kier alpha value is -1.32. The summed E-state index contributed by atoms with van der Waals surface area (Å²) in [5, 5.41) is 3.30. The zero-order chi connectivity index (χ0) is 10.0. The van der Waals surface area contributed by atoms with E-state index < -0.39 is 0 Å². The van der Waals surface area contributed by atoms with Gasteiger partial charge in [0.25, 0.3) is 0 Å². The van der Waals surface area contributed by atoms with Crippen LogP contribution in [0, 0.1) is 5.41 Å². The van der Waals surface area contributed by atoms with Crippen molar-refractivity contribution in [1.29, 1.82) is 0 Å². The maximum atomic E-state index is 5.55. The lowest BCUT2D eigenvalue weighted by Crippen LogP contribution is -2.33. The van der Waals surface area contributed by atoms with Gasteiger partial charge in [-0.3, -0.25) is 0 Å². The van der Waals surface area contributed by atoms with Gasteiger partial charge < -0.3 is 11.1 Å². The van der Waals surface area contributed by atoms with Crippen molar-refractivity contribution in [3.8, 4) is 0 Å². The number of nitrogen functional groups attached to an aromatic ring is 1. The fraction of sp³-hybridized carbons (Fsp3) is 0.600. The summed E-state index contributed by atoms with van der Waals surface area (Å²) in [6.45, 7) is 3.28. The molecule has 14 heavy (non-hydrogen) atoms.